The van der Waals surface area contributed by atoms with E-state index in [0.29, 0.717) is 17.8 Å². The molecule has 0 atom stereocenters. The second kappa shape index (κ2) is 7.69. The first-order valence-corrected chi connectivity index (χ1v) is 8.22. The van der Waals surface area contributed by atoms with Crippen LogP contribution in [0.4, 0.5) is 30.7 Å². The molecule has 150 valence electrons. The fraction of sp³-hybridized carbons (Fsp3) is 0.0952. The van der Waals surface area contributed by atoms with Gasteiger partial charge in [-0.3, -0.25) is 4.98 Å². The molecule has 0 spiro atoms. The number of allylic oxidation sites excluding steroid dienone is 1. The van der Waals surface area contributed by atoms with Gasteiger partial charge in [0.2, 0.25) is 0 Å². The molecule has 1 heterocycles. The van der Waals surface area contributed by atoms with Gasteiger partial charge in [-0.15, -0.1) is 0 Å². The Morgan fingerprint density at radius 3 is 1.83 bits per heavy atom. The first-order valence-electron chi connectivity index (χ1n) is 8.22. The molecule has 0 aliphatic carbocycles. The van der Waals surface area contributed by atoms with E-state index in [4.69, 9.17) is 0 Å². The van der Waals surface area contributed by atoms with Crippen LogP contribution in [0.25, 0.3) is 28.5 Å². The van der Waals surface area contributed by atoms with Crippen molar-refractivity contribution in [2.75, 3.05) is 0 Å². The van der Waals surface area contributed by atoms with Crippen LogP contribution < -0.4 is 0 Å². The minimum Gasteiger partial charge on any atom is -0.256 e. The van der Waals surface area contributed by atoms with Gasteiger partial charge in [0.15, 0.2) is 0 Å². The Bertz CT molecular complexity index is 1040. The van der Waals surface area contributed by atoms with E-state index < -0.39 is 46.1 Å². The number of rotatable bonds is 3. The first kappa shape index (κ1) is 20.6. The Balaban J connectivity index is 2.05. The molecule has 0 fully saturated rings. The summed E-state index contributed by atoms with van der Waals surface area (Å²) in [6, 6.07) is 6.33. The molecule has 0 bridgehead atoms. The standard InChI is InChI=1S/C21H12F7N/c1-11-2-3-19(29-10-11)12-6-17(24)20(18(25)7-12)13-8-15(22)14(16(23)9-13)4-5-21(26,27)28/h2-10H,1H3/b5-4+. The van der Waals surface area contributed by atoms with E-state index in [1.807, 2.05) is 0 Å². The predicted octanol–water partition coefficient (Wildman–Crippen LogP) is 6.86. The molecule has 1 nitrogen and oxygen atoms in total. The number of aromatic nitrogens is 1. The molecule has 2 aromatic carbocycles. The van der Waals surface area contributed by atoms with Gasteiger partial charge >= 0.3 is 6.18 Å². The van der Waals surface area contributed by atoms with E-state index in [0.717, 1.165) is 17.7 Å². The fourth-order valence-corrected chi connectivity index (χ4v) is 2.70. The van der Waals surface area contributed by atoms with Crippen LogP contribution in [0.5, 0.6) is 0 Å². The number of pyridine rings is 1. The average Bonchev–Trinajstić information content (AvgIpc) is 2.60. The summed E-state index contributed by atoms with van der Waals surface area (Å²) < 4.78 is 94.0. The molecule has 0 unspecified atom stereocenters. The van der Waals surface area contributed by atoms with Crippen LogP contribution >= 0.6 is 0 Å². The van der Waals surface area contributed by atoms with Gasteiger partial charge in [-0.1, -0.05) is 6.07 Å². The quantitative estimate of drug-likeness (QED) is 0.429. The lowest BCUT2D eigenvalue weighted by Crippen LogP contribution is -2.01. The smallest absolute Gasteiger partial charge is 0.256 e. The third kappa shape index (κ3) is 4.64. The summed E-state index contributed by atoms with van der Waals surface area (Å²) in [5, 5.41) is 0. The summed E-state index contributed by atoms with van der Waals surface area (Å²) in [7, 11) is 0. The van der Waals surface area contributed by atoms with Crippen LogP contribution in [0.2, 0.25) is 0 Å². The third-order valence-electron chi connectivity index (χ3n) is 4.06. The number of alkyl halides is 3. The lowest BCUT2D eigenvalue weighted by molar-refractivity contribution is -0.0790. The van der Waals surface area contributed by atoms with Gasteiger partial charge in [-0.05, 0) is 54.5 Å². The summed E-state index contributed by atoms with van der Waals surface area (Å²) >= 11 is 0. The Morgan fingerprint density at radius 1 is 0.793 bits per heavy atom. The van der Waals surface area contributed by atoms with Gasteiger partial charge in [-0.25, -0.2) is 17.6 Å². The van der Waals surface area contributed by atoms with Gasteiger partial charge < -0.3 is 0 Å². The zero-order valence-electron chi connectivity index (χ0n) is 14.8. The number of hydrogen-bond donors (Lipinski definition) is 0. The van der Waals surface area contributed by atoms with Gasteiger partial charge in [0, 0.05) is 23.4 Å². The Kier molecular flexibility index (Phi) is 5.46. The van der Waals surface area contributed by atoms with Crippen molar-refractivity contribution < 1.29 is 30.7 Å². The molecule has 0 aliphatic rings. The van der Waals surface area contributed by atoms with Gasteiger partial charge in [-0.2, -0.15) is 13.2 Å². The second-order valence-corrected chi connectivity index (χ2v) is 6.26. The van der Waals surface area contributed by atoms with Crippen LogP contribution in [0.1, 0.15) is 11.1 Å². The summed E-state index contributed by atoms with van der Waals surface area (Å²) in [5.41, 5.74) is -0.892. The molecule has 8 heteroatoms. The Labute approximate surface area is 161 Å². The fourth-order valence-electron chi connectivity index (χ4n) is 2.70. The molecule has 3 rings (SSSR count). The number of benzene rings is 2. The molecule has 3 aromatic rings. The van der Waals surface area contributed by atoms with Crippen molar-refractivity contribution in [3.8, 4) is 22.4 Å². The van der Waals surface area contributed by atoms with Crippen molar-refractivity contribution in [3.05, 3.63) is 83.1 Å². The van der Waals surface area contributed by atoms with Crippen LogP contribution in [-0.2, 0) is 0 Å². The highest BCUT2D eigenvalue weighted by Crippen LogP contribution is 2.33. The molecule has 29 heavy (non-hydrogen) atoms. The van der Waals surface area contributed by atoms with E-state index in [1.165, 1.54) is 6.20 Å². The van der Waals surface area contributed by atoms with Crippen molar-refractivity contribution in [2.24, 2.45) is 0 Å². The lowest BCUT2D eigenvalue weighted by atomic mass is 9.99. The van der Waals surface area contributed by atoms with Gasteiger partial charge in [0.1, 0.15) is 23.3 Å². The second-order valence-electron chi connectivity index (χ2n) is 6.26. The minimum atomic E-state index is -4.77. The molecule has 1 aromatic heterocycles. The third-order valence-corrected chi connectivity index (χ3v) is 4.06. The maximum absolute atomic E-state index is 14.6. The minimum absolute atomic E-state index is 0.120. The van der Waals surface area contributed by atoms with Crippen LogP contribution in [-0.4, -0.2) is 11.2 Å². The zero-order valence-corrected chi connectivity index (χ0v) is 14.8. The molecule has 0 saturated heterocycles. The Hall–Kier alpha value is -3.16. The molecule has 0 aliphatic heterocycles. The van der Waals surface area contributed by atoms with Crippen molar-refractivity contribution >= 4 is 6.08 Å². The molecule has 0 saturated carbocycles. The summed E-state index contributed by atoms with van der Waals surface area (Å²) in [6.45, 7) is 1.79. The average molecular weight is 411 g/mol. The van der Waals surface area contributed by atoms with E-state index in [9.17, 15) is 30.7 Å². The number of aryl methyl sites for hydroxylation is 1. The summed E-state index contributed by atoms with van der Waals surface area (Å²) in [5.74, 6) is -4.97. The van der Waals surface area contributed by atoms with Gasteiger partial charge in [0.05, 0.1) is 11.3 Å². The molecular formula is C21H12F7N. The van der Waals surface area contributed by atoms with Crippen molar-refractivity contribution in [3.63, 3.8) is 0 Å². The predicted molar refractivity (Wildman–Crippen MR) is 94.8 cm³/mol. The number of nitrogens with zero attached hydrogens (tertiary/aromatic N) is 1. The maximum Gasteiger partial charge on any atom is 0.409 e. The van der Waals surface area contributed by atoms with Crippen LogP contribution in [0, 0.1) is 30.2 Å². The zero-order chi connectivity index (χ0) is 21.3. The monoisotopic (exact) mass is 411 g/mol. The SMILES string of the molecule is Cc1ccc(-c2cc(F)c(-c3cc(F)c(/C=C/C(F)(F)F)c(F)c3)c(F)c2)nc1. The van der Waals surface area contributed by atoms with Crippen LogP contribution in [0.15, 0.2) is 48.7 Å². The highest BCUT2D eigenvalue weighted by Gasteiger charge is 2.23. The Morgan fingerprint density at radius 2 is 1.34 bits per heavy atom. The lowest BCUT2D eigenvalue weighted by Gasteiger charge is -2.10. The number of hydrogen-bond acceptors (Lipinski definition) is 1. The van der Waals surface area contributed by atoms with E-state index >= 15 is 0 Å². The molecule has 0 radical (unpaired) electrons. The van der Waals surface area contributed by atoms with E-state index in [1.54, 1.807) is 19.1 Å². The first-order chi connectivity index (χ1) is 13.5. The highest BCUT2D eigenvalue weighted by molar-refractivity contribution is 5.72. The van der Waals surface area contributed by atoms with Crippen LogP contribution in [0.3, 0.4) is 0 Å². The molecule has 0 amide bonds. The maximum atomic E-state index is 14.6. The van der Waals surface area contributed by atoms with Crippen molar-refractivity contribution in [2.45, 2.75) is 13.1 Å². The van der Waals surface area contributed by atoms with Crippen molar-refractivity contribution in [1.29, 1.82) is 0 Å². The van der Waals surface area contributed by atoms with Crippen molar-refractivity contribution in [1.82, 2.24) is 4.98 Å². The highest BCUT2D eigenvalue weighted by atomic mass is 19.4. The molecule has 0 N–H and O–H groups in total. The van der Waals surface area contributed by atoms with E-state index in [-0.39, 0.29) is 17.7 Å². The number of halogens is 7. The summed E-state index contributed by atoms with van der Waals surface area (Å²) in [6.07, 6.45) is -3.38. The topological polar surface area (TPSA) is 12.9 Å². The molecular weight excluding hydrogens is 399 g/mol. The summed E-state index contributed by atoms with van der Waals surface area (Å²) in [4.78, 5) is 4.06. The van der Waals surface area contributed by atoms with E-state index in [2.05, 4.69) is 4.98 Å². The normalized spacial score (nSPS) is 12.0. The van der Waals surface area contributed by atoms with Gasteiger partial charge in [0.25, 0.3) is 0 Å². The largest absolute Gasteiger partial charge is 0.409 e.